The number of hydrogen-bond donors (Lipinski definition) is 0. The standard InChI is InChI=1S/C9H16O2/c1-6(2)9-8(5-10)4-7(3)11-9/h5-9H,4H2,1-3H3/t7-,8-,9-/m0/s1. The Balaban J connectivity index is 2.57. The van der Waals surface area contributed by atoms with Crippen molar-refractivity contribution in [3.05, 3.63) is 0 Å². The fraction of sp³-hybridized carbons (Fsp3) is 0.889. The van der Waals surface area contributed by atoms with Gasteiger partial charge in [0, 0.05) is 5.92 Å². The van der Waals surface area contributed by atoms with Gasteiger partial charge in [0.15, 0.2) is 0 Å². The maximum Gasteiger partial charge on any atom is 0.125 e. The molecule has 1 saturated heterocycles. The Morgan fingerprint density at radius 3 is 2.55 bits per heavy atom. The second-order valence-corrected chi connectivity index (χ2v) is 3.69. The zero-order valence-corrected chi connectivity index (χ0v) is 7.41. The lowest BCUT2D eigenvalue weighted by atomic mass is 9.93. The van der Waals surface area contributed by atoms with Crippen molar-refractivity contribution in [2.75, 3.05) is 0 Å². The van der Waals surface area contributed by atoms with Crippen LogP contribution >= 0.6 is 0 Å². The van der Waals surface area contributed by atoms with E-state index in [-0.39, 0.29) is 18.1 Å². The third-order valence-electron chi connectivity index (χ3n) is 2.25. The molecule has 0 aliphatic carbocycles. The molecular weight excluding hydrogens is 140 g/mol. The highest BCUT2D eigenvalue weighted by atomic mass is 16.5. The predicted molar refractivity (Wildman–Crippen MR) is 43.3 cm³/mol. The van der Waals surface area contributed by atoms with Crippen molar-refractivity contribution in [3.63, 3.8) is 0 Å². The van der Waals surface area contributed by atoms with Crippen LogP contribution in [0.25, 0.3) is 0 Å². The van der Waals surface area contributed by atoms with E-state index in [2.05, 4.69) is 13.8 Å². The number of carbonyl (C=O) groups is 1. The molecule has 0 aromatic carbocycles. The minimum Gasteiger partial charge on any atom is -0.374 e. The van der Waals surface area contributed by atoms with Gasteiger partial charge in [-0.05, 0) is 19.3 Å². The molecule has 11 heavy (non-hydrogen) atoms. The molecule has 1 heterocycles. The number of carbonyl (C=O) groups excluding carboxylic acids is 1. The quantitative estimate of drug-likeness (QED) is 0.568. The summed E-state index contributed by atoms with van der Waals surface area (Å²) in [5.74, 6) is 0.583. The van der Waals surface area contributed by atoms with Crippen LogP contribution in [-0.2, 0) is 9.53 Å². The van der Waals surface area contributed by atoms with Gasteiger partial charge in [0.2, 0.25) is 0 Å². The smallest absolute Gasteiger partial charge is 0.125 e. The lowest BCUT2D eigenvalue weighted by molar-refractivity contribution is -0.113. The summed E-state index contributed by atoms with van der Waals surface area (Å²) in [6, 6.07) is 0. The molecule has 0 spiro atoms. The fourth-order valence-corrected chi connectivity index (χ4v) is 1.73. The molecule has 2 heteroatoms. The summed E-state index contributed by atoms with van der Waals surface area (Å²) < 4.78 is 5.59. The number of ether oxygens (including phenoxy) is 1. The van der Waals surface area contributed by atoms with E-state index >= 15 is 0 Å². The van der Waals surface area contributed by atoms with E-state index in [4.69, 9.17) is 4.74 Å². The van der Waals surface area contributed by atoms with Crippen molar-refractivity contribution >= 4 is 6.29 Å². The van der Waals surface area contributed by atoms with Gasteiger partial charge in [-0.15, -0.1) is 0 Å². The zero-order valence-electron chi connectivity index (χ0n) is 7.41. The van der Waals surface area contributed by atoms with E-state index in [9.17, 15) is 4.79 Å². The van der Waals surface area contributed by atoms with Gasteiger partial charge >= 0.3 is 0 Å². The molecule has 0 bridgehead atoms. The summed E-state index contributed by atoms with van der Waals surface area (Å²) in [6.45, 7) is 6.22. The SMILES string of the molecule is CC(C)[C@@H]1O[C@@H](C)C[C@H]1C=O. The van der Waals surface area contributed by atoms with E-state index < -0.39 is 0 Å². The molecule has 1 rings (SSSR count). The summed E-state index contributed by atoms with van der Waals surface area (Å²) in [5.41, 5.74) is 0. The second-order valence-electron chi connectivity index (χ2n) is 3.69. The minimum absolute atomic E-state index is 0.130. The van der Waals surface area contributed by atoms with Gasteiger partial charge in [-0.25, -0.2) is 0 Å². The minimum atomic E-state index is 0.130. The van der Waals surface area contributed by atoms with Crippen LogP contribution < -0.4 is 0 Å². The summed E-state index contributed by atoms with van der Waals surface area (Å²) >= 11 is 0. The largest absolute Gasteiger partial charge is 0.374 e. The molecule has 1 aliphatic rings. The van der Waals surface area contributed by atoms with Crippen LogP contribution in [0.5, 0.6) is 0 Å². The molecule has 3 atom stereocenters. The van der Waals surface area contributed by atoms with Crippen LogP contribution in [0.1, 0.15) is 27.2 Å². The summed E-state index contributed by atoms with van der Waals surface area (Å²) in [6.07, 6.45) is 2.35. The normalized spacial score (nSPS) is 38.0. The van der Waals surface area contributed by atoms with Crippen molar-refractivity contribution in [3.8, 4) is 0 Å². The molecule has 0 aromatic heterocycles. The van der Waals surface area contributed by atoms with E-state index in [1.54, 1.807) is 0 Å². The van der Waals surface area contributed by atoms with E-state index in [1.165, 1.54) is 0 Å². The van der Waals surface area contributed by atoms with Crippen LogP contribution in [0.4, 0.5) is 0 Å². The third-order valence-corrected chi connectivity index (χ3v) is 2.25. The molecule has 0 radical (unpaired) electrons. The van der Waals surface area contributed by atoms with Gasteiger partial charge < -0.3 is 9.53 Å². The summed E-state index contributed by atoms with van der Waals surface area (Å²) in [7, 11) is 0. The molecule has 0 amide bonds. The Hall–Kier alpha value is -0.370. The Morgan fingerprint density at radius 1 is 1.55 bits per heavy atom. The lowest BCUT2D eigenvalue weighted by Gasteiger charge is -2.17. The average molecular weight is 156 g/mol. The monoisotopic (exact) mass is 156 g/mol. The number of aldehydes is 1. The maximum atomic E-state index is 10.6. The number of rotatable bonds is 2. The van der Waals surface area contributed by atoms with Gasteiger partial charge in [-0.1, -0.05) is 13.8 Å². The Bertz CT molecular complexity index is 142. The van der Waals surface area contributed by atoms with Crippen LogP contribution in [-0.4, -0.2) is 18.5 Å². The molecule has 1 aliphatic heterocycles. The van der Waals surface area contributed by atoms with Crippen molar-refractivity contribution in [1.82, 2.24) is 0 Å². The van der Waals surface area contributed by atoms with Crippen LogP contribution in [0.15, 0.2) is 0 Å². The Labute approximate surface area is 67.9 Å². The van der Waals surface area contributed by atoms with Gasteiger partial charge in [0.25, 0.3) is 0 Å². The Morgan fingerprint density at radius 2 is 2.18 bits per heavy atom. The predicted octanol–water partition coefficient (Wildman–Crippen LogP) is 1.63. The van der Waals surface area contributed by atoms with Crippen molar-refractivity contribution in [2.24, 2.45) is 11.8 Å². The van der Waals surface area contributed by atoms with Gasteiger partial charge in [0.05, 0.1) is 12.2 Å². The Kier molecular flexibility index (Phi) is 2.66. The second kappa shape index (κ2) is 3.35. The van der Waals surface area contributed by atoms with Crippen LogP contribution in [0, 0.1) is 11.8 Å². The van der Waals surface area contributed by atoms with Crippen LogP contribution in [0.3, 0.4) is 0 Å². The molecule has 0 aromatic rings. The molecule has 64 valence electrons. The van der Waals surface area contributed by atoms with E-state index in [0.29, 0.717) is 5.92 Å². The van der Waals surface area contributed by atoms with E-state index in [0.717, 1.165) is 12.7 Å². The van der Waals surface area contributed by atoms with Crippen molar-refractivity contribution in [1.29, 1.82) is 0 Å². The fourth-order valence-electron chi connectivity index (χ4n) is 1.73. The first-order valence-corrected chi connectivity index (χ1v) is 4.26. The molecule has 0 saturated carbocycles. The van der Waals surface area contributed by atoms with Crippen molar-refractivity contribution in [2.45, 2.75) is 39.4 Å². The highest BCUT2D eigenvalue weighted by Crippen LogP contribution is 2.29. The first-order chi connectivity index (χ1) is 5.15. The van der Waals surface area contributed by atoms with Gasteiger partial charge in [-0.2, -0.15) is 0 Å². The van der Waals surface area contributed by atoms with Crippen LogP contribution in [0.2, 0.25) is 0 Å². The third kappa shape index (κ3) is 1.80. The molecule has 0 unspecified atom stereocenters. The highest BCUT2D eigenvalue weighted by Gasteiger charge is 2.34. The highest BCUT2D eigenvalue weighted by molar-refractivity contribution is 5.55. The molecule has 0 N–H and O–H groups in total. The lowest BCUT2D eigenvalue weighted by Crippen LogP contribution is -2.23. The number of hydrogen-bond acceptors (Lipinski definition) is 2. The maximum absolute atomic E-state index is 10.6. The van der Waals surface area contributed by atoms with Crippen molar-refractivity contribution < 1.29 is 9.53 Å². The average Bonchev–Trinajstić information content (AvgIpc) is 2.30. The summed E-state index contributed by atoms with van der Waals surface area (Å²) in [4.78, 5) is 10.6. The molecule has 2 nitrogen and oxygen atoms in total. The first-order valence-electron chi connectivity index (χ1n) is 4.26. The molecule has 1 fully saturated rings. The van der Waals surface area contributed by atoms with E-state index in [1.807, 2.05) is 6.92 Å². The first kappa shape index (κ1) is 8.72. The summed E-state index contributed by atoms with van der Waals surface area (Å²) in [5, 5.41) is 0. The zero-order chi connectivity index (χ0) is 8.43. The molecular formula is C9H16O2. The van der Waals surface area contributed by atoms with Gasteiger partial charge in [0.1, 0.15) is 6.29 Å². The topological polar surface area (TPSA) is 26.3 Å². The van der Waals surface area contributed by atoms with Gasteiger partial charge in [-0.3, -0.25) is 0 Å².